The first-order chi connectivity index (χ1) is 8.69. The predicted octanol–water partition coefficient (Wildman–Crippen LogP) is 3.99. The highest BCUT2D eigenvalue weighted by atomic mass is 32.2. The fourth-order valence-corrected chi connectivity index (χ4v) is 2.61. The Bertz CT molecular complexity index is 531. The van der Waals surface area contributed by atoms with Crippen LogP contribution in [-0.4, -0.2) is 17.3 Å². The number of hydrogen-bond donors (Lipinski definition) is 1. The Morgan fingerprint density at radius 3 is 2.50 bits per heavy atom. The number of aromatic carboxylic acids is 1. The van der Waals surface area contributed by atoms with E-state index in [-0.39, 0.29) is 5.76 Å². The van der Waals surface area contributed by atoms with Crippen LogP contribution in [-0.2, 0) is 5.75 Å². The second-order valence-corrected chi connectivity index (χ2v) is 5.42. The Morgan fingerprint density at radius 1 is 1.22 bits per heavy atom. The van der Waals surface area contributed by atoms with Crippen LogP contribution in [0.3, 0.4) is 0 Å². The highest BCUT2D eigenvalue weighted by Gasteiger charge is 2.09. The summed E-state index contributed by atoms with van der Waals surface area (Å²) in [6.45, 7) is 0. The smallest absolute Gasteiger partial charge is 0.371 e. The number of carboxylic acid groups (broad SMARTS) is 1. The maximum atomic E-state index is 10.7. The minimum atomic E-state index is -1.04. The van der Waals surface area contributed by atoms with E-state index in [0.717, 1.165) is 5.75 Å². The van der Waals surface area contributed by atoms with Gasteiger partial charge in [-0.1, -0.05) is 23.9 Å². The maximum absolute atomic E-state index is 10.7. The Morgan fingerprint density at radius 2 is 1.94 bits per heavy atom. The lowest BCUT2D eigenvalue weighted by Crippen LogP contribution is -1.91. The standard InChI is InChI=1S/C13H12O3S2/c1-17-10-4-2-9(3-5-10)8-18-12-7-6-11(16-12)13(14)15/h2-7H,8H2,1H3,(H,14,15). The average molecular weight is 280 g/mol. The third-order valence-electron chi connectivity index (χ3n) is 2.33. The summed E-state index contributed by atoms with van der Waals surface area (Å²) in [4.78, 5) is 11.9. The van der Waals surface area contributed by atoms with Gasteiger partial charge in [0, 0.05) is 10.6 Å². The molecular weight excluding hydrogens is 268 g/mol. The molecule has 0 aliphatic heterocycles. The lowest BCUT2D eigenvalue weighted by molar-refractivity contribution is 0.0656. The third kappa shape index (κ3) is 3.34. The van der Waals surface area contributed by atoms with Crippen LogP contribution < -0.4 is 0 Å². The Kier molecular flexibility index (Phi) is 4.38. The van der Waals surface area contributed by atoms with Crippen LogP contribution in [0.15, 0.2) is 50.8 Å². The molecule has 0 unspecified atom stereocenters. The largest absolute Gasteiger partial charge is 0.475 e. The van der Waals surface area contributed by atoms with Gasteiger partial charge < -0.3 is 9.52 Å². The molecule has 0 fully saturated rings. The monoisotopic (exact) mass is 280 g/mol. The quantitative estimate of drug-likeness (QED) is 0.839. The molecule has 18 heavy (non-hydrogen) atoms. The summed E-state index contributed by atoms with van der Waals surface area (Å²) in [7, 11) is 0. The zero-order valence-electron chi connectivity index (χ0n) is 9.75. The molecule has 1 N–H and O–H groups in total. The van der Waals surface area contributed by atoms with Gasteiger partial charge in [0.1, 0.15) is 0 Å². The van der Waals surface area contributed by atoms with E-state index >= 15 is 0 Å². The summed E-state index contributed by atoms with van der Waals surface area (Å²) in [5.74, 6) is -0.289. The molecular formula is C13H12O3S2. The summed E-state index contributed by atoms with van der Waals surface area (Å²) in [5, 5.41) is 9.36. The molecule has 94 valence electrons. The number of carboxylic acids is 1. The van der Waals surface area contributed by atoms with Gasteiger partial charge in [0.2, 0.25) is 5.76 Å². The minimum absolute atomic E-state index is 0.0183. The van der Waals surface area contributed by atoms with Crippen molar-refractivity contribution < 1.29 is 14.3 Å². The van der Waals surface area contributed by atoms with Gasteiger partial charge in [-0.25, -0.2) is 4.79 Å². The molecule has 0 saturated heterocycles. The maximum Gasteiger partial charge on any atom is 0.371 e. The molecule has 1 aromatic heterocycles. The molecule has 1 heterocycles. The van der Waals surface area contributed by atoms with Crippen molar-refractivity contribution in [3.8, 4) is 0 Å². The van der Waals surface area contributed by atoms with Crippen LogP contribution in [0.1, 0.15) is 16.1 Å². The second kappa shape index (κ2) is 6.02. The predicted molar refractivity (Wildman–Crippen MR) is 73.5 cm³/mol. The van der Waals surface area contributed by atoms with Gasteiger partial charge in [-0.2, -0.15) is 0 Å². The van der Waals surface area contributed by atoms with Crippen molar-refractivity contribution in [1.29, 1.82) is 0 Å². The number of rotatable bonds is 5. The van der Waals surface area contributed by atoms with Crippen molar-refractivity contribution in [3.05, 3.63) is 47.7 Å². The molecule has 3 nitrogen and oxygen atoms in total. The van der Waals surface area contributed by atoms with Crippen LogP contribution in [0.25, 0.3) is 0 Å². The van der Waals surface area contributed by atoms with Crippen molar-refractivity contribution in [1.82, 2.24) is 0 Å². The second-order valence-electron chi connectivity index (χ2n) is 3.56. The van der Waals surface area contributed by atoms with Gasteiger partial charge in [-0.15, -0.1) is 11.8 Å². The highest BCUT2D eigenvalue weighted by molar-refractivity contribution is 7.98. The Balaban J connectivity index is 1.95. The molecule has 0 amide bonds. The van der Waals surface area contributed by atoms with Crippen molar-refractivity contribution in [3.63, 3.8) is 0 Å². The van der Waals surface area contributed by atoms with Crippen LogP contribution in [0.5, 0.6) is 0 Å². The first-order valence-electron chi connectivity index (χ1n) is 5.28. The SMILES string of the molecule is CSc1ccc(CSc2ccc(C(=O)O)o2)cc1. The summed E-state index contributed by atoms with van der Waals surface area (Å²) in [6, 6.07) is 11.4. The number of benzene rings is 1. The van der Waals surface area contributed by atoms with Gasteiger partial charge in [0.15, 0.2) is 5.09 Å². The van der Waals surface area contributed by atoms with E-state index < -0.39 is 5.97 Å². The lowest BCUT2D eigenvalue weighted by Gasteiger charge is -2.00. The van der Waals surface area contributed by atoms with Crippen LogP contribution >= 0.6 is 23.5 Å². The van der Waals surface area contributed by atoms with E-state index in [1.54, 1.807) is 17.8 Å². The molecule has 0 aliphatic rings. The number of hydrogen-bond acceptors (Lipinski definition) is 4. The third-order valence-corrected chi connectivity index (χ3v) is 4.06. The topological polar surface area (TPSA) is 50.4 Å². The zero-order chi connectivity index (χ0) is 13.0. The number of carbonyl (C=O) groups is 1. The van der Waals surface area contributed by atoms with Crippen molar-refractivity contribution in [2.75, 3.05) is 6.26 Å². The average Bonchev–Trinajstić information content (AvgIpc) is 2.86. The van der Waals surface area contributed by atoms with Crippen molar-refractivity contribution in [2.45, 2.75) is 15.7 Å². The normalized spacial score (nSPS) is 10.5. The highest BCUT2D eigenvalue weighted by Crippen LogP contribution is 2.25. The Labute approximate surface area is 114 Å². The number of thioether (sulfide) groups is 2. The molecule has 0 saturated carbocycles. The van der Waals surface area contributed by atoms with E-state index in [2.05, 4.69) is 24.3 Å². The molecule has 2 rings (SSSR count). The van der Waals surface area contributed by atoms with Gasteiger partial charge in [-0.05, 0) is 36.1 Å². The fraction of sp³-hybridized carbons (Fsp3) is 0.154. The summed E-state index contributed by atoms with van der Waals surface area (Å²) >= 11 is 3.20. The van der Waals surface area contributed by atoms with Gasteiger partial charge >= 0.3 is 5.97 Å². The molecule has 0 bridgehead atoms. The summed E-state index contributed by atoms with van der Waals surface area (Å²) in [6.07, 6.45) is 2.04. The zero-order valence-corrected chi connectivity index (χ0v) is 11.4. The van der Waals surface area contributed by atoms with Crippen LogP contribution in [0.2, 0.25) is 0 Å². The number of furan rings is 1. The summed E-state index contributed by atoms with van der Waals surface area (Å²) in [5.41, 5.74) is 1.19. The first-order valence-corrected chi connectivity index (χ1v) is 7.49. The lowest BCUT2D eigenvalue weighted by atomic mass is 10.2. The molecule has 1 aromatic carbocycles. The van der Waals surface area contributed by atoms with Crippen LogP contribution in [0, 0.1) is 0 Å². The molecule has 0 aliphatic carbocycles. The fourth-order valence-electron chi connectivity index (χ4n) is 1.39. The van der Waals surface area contributed by atoms with Gasteiger partial charge in [0.25, 0.3) is 0 Å². The van der Waals surface area contributed by atoms with E-state index in [1.165, 1.54) is 28.3 Å². The van der Waals surface area contributed by atoms with E-state index in [0.29, 0.717) is 5.09 Å². The molecule has 0 atom stereocenters. The van der Waals surface area contributed by atoms with E-state index in [4.69, 9.17) is 9.52 Å². The van der Waals surface area contributed by atoms with E-state index in [1.807, 2.05) is 6.26 Å². The summed E-state index contributed by atoms with van der Waals surface area (Å²) < 4.78 is 5.17. The Hall–Kier alpha value is -1.33. The van der Waals surface area contributed by atoms with Gasteiger partial charge in [0.05, 0.1) is 0 Å². The van der Waals surface area contributed by atoms with Crippen LogP contribution in [0.4, 0.5) is 0 Å². The van der Waals surface area contributed by atoms with Crippen molar-refractivity contribution >= 4 is 29.5 Å². The molecule has 2 aromatic rings. The first kappa shape index (κ1) is 13.1. The molecule has 5 heteroatoms. The molecule has 0 radical (unpaired) electrons. The minimum Gasteiger partial charge on any atom is -0.475 e. The van der Waals surface area contributed by atoms with E-state index in [9.17, 15) is 4.79 Å². The van der Waals surface area contributed by atoms with Crippen molar-refractivity contribution in [2.24, 2.45) is 0 Å². The van der Waals surface area contributed by atoms with Gasteiger partial charge in [-0.3, -0.25) is 0 Å². The molecule has 0 spiro atoms.